The van der Waals surface area contributed by atoms with Gasteiger partial charge in [0.2, 0.25) is 0 Å². The third-order valence-corrected chi connectivity index (χ3v) is 8.98. The minimum atomic E-state index is -1.53. The highest BCUT2D eigenvalue weighted by atomic mass is 35.5. The summed E-state index contributed by atoms with van der Waals surface area (Å²) in [5, 5.41) is 8.17. The Morgan fingerprint density at radius 1 is 0.556 bits per heavy atom. The van der Waals surface area contributed by atoms with E-state index in [9.17, 15) is 19.2 Å². The number of amides is 4. The Kier molecular flexibility index (Phi) is 15.3. The van der Waals surface area contributed by atoms with Crippen molar-refractivity contribution in [3.63, 3.8) is 0 Å². The lowest BCUT2D eigenvalue weighted by molar-refractivity contribution is -0.212. The summed E-state index contributed by atoms with van der Waals surface area (Å²) >= 11 is 12.4. The predicted molar refractivity (Wildman–Crippen MR) is 211 cm³/mol. The summed E-state index contributed by atoms with van der Waals surface area (Å²) in [7, 11) is 7.46. The lowest BCUT2D eigenvalue weighted by Gasteiger charge is -2.32. The predicted octanol–water partition coefficient (Wildman–Crippen LogP) is 8.28. The first-order valence-electron chi connectivity index (χ1n) is 17.3. The van der Waals surface area contributed by atoms with Gasteiger partial charge in [-0.1, -0.05) is 83.9 Å². The van der Waals surface area contributed by atoms with Crippen LogP contribution in [0.2, 0.25) is 10.0 Å². The van der Waals surface area contributed by atoms with E-state index in [-0.39, 0.29) is 0 Å². The monoisotopic (exact) mass is 776 g/mol. The molecule has 2 atom stereocenters. The van der Waals surface area contributed by atoms with Crippen LogP contribution >= 0.6 is 23.2 Å². The summed E-state index contributed by atoms with van der Waals surface area (Å²) in [6, 6.07) is 24.3. The maximum atomic E-state index is 14.0. The Morgan fingerprint density at radius 2 is 0.889 bits per heavy atom. The van der Waals surface area contributed by atoms with Gasteiger partial charge >= 0.3 is 24.0 Å². The van der Waals surface area contributed by atoms with Gasteiger partial charge in [0.05, 0.1) is 12.1 Å². The Morgan fingerprint density at radius 3 is 1.20 bits per heavy atom. The molecule has 54 heavy (non-hydrogen) atoms. The van der Waals surface area contributed by atoms with Crippen molar-refractivity contribution in [1.82, 2.24) is 19.9 Å². The zero-order valence-electron chi connectivity index (χ0n) is 31.2. The highest BCUT2D eigenvalue weighted by Gasteiger charge is 2.37. The number of hydrogen-bond donors (Lipinski definition) is 2. The van der Waals surface area contributed by atoms with Crippen LogP contribution in [0.25, 0.3) is 0 Å². The van der Waals surface area contributed by atoms with E-state index in [0.29, 0.717) is 58.5 Å². The van der Waals surface area contributed by atoms with E-state index in [1.807, 2.05) is 76.1 Å². The van der Waals surface area contributed by atoms with E-state index in [2.05, 4.69) is 10.6 Å². The molecule has 0 heterocycles. The van der Waals surface area contributed by atoms with Crippen molar-refractivity contribution in [3.8, 4) is 0 Å². The topological polar surface area (TPSA) is 124 Å². The molecule has 286 valence electrons. The fourth-order valence-corrected chi connectivity index (χ4v) is 5.73. The van der Waals surface area contributed by atoms with Gasteiger partial charge in [0.15, 0.2) is 0 Å². The molecule has 0 aromatic heterocycles. The molecule has 2 N–H and O–H groups in total. The van der Waals surface area contributed by atoms with Crippen molar-refractivity contribution in [2.45, 2.75) is 38.8 Å². The molecular weight excluding hydrogens is 731 g/mol. The summed E-state index contributed by atoms with van der Waals surface area (Å²) in [6.45, 7) is 4.59. The molecule has 0 aliphatic carbocycles. The van der Waals surface area contributed by atoms with Crippen molar-refractivity contribution in [2.24, 2.45) is 0 Å². The van der Waals surface area contributed by atoms with Crippen LogP contribution in [0.5, 0.6) is 0 Å². The van der Waals surface area contributed by atoms with Crippen molar-refractivity contribution in [3.05, 3.63) is 129 Å². The van der Waals surface area contributed by atoms with Crippen LogP contribution in [0.15, 0.2) is 97.1 Å². The van der Waals surface area contributed by atoms with Crippen LogP contribution in [0.4, 0.5) is 21.0 Å². The average Bonchev–Trinajstić information content (AvgIpc) is 3.13. The number of nitrogens with one attached hydrogen (secondary N) is 2. The van der Waals surface area contributed by atoms with Crippen LogP contribution in [0.3, 0.4) is 0 Å². The van der Waals surface area contributed by atoms with Gasteiger partial charge < -0.3 is 30.1 Å². The van der Waals surface area contributed by atoms with E-state index in [4.69, 9.17) is 32.9 Å². The SMILES string of the molecule is Cc1ccccc1NC(=O)N(OC(=O)C(=O)ON(C(=O)Nc1ccccc1C)C(CCN(C)C)c1ccc(Cl)cc1)C(CCN(C)C)c1ccc(Cl)cc1. The van der Waals surface area contributed by atoms with Crippen molar-refractivity contribution < 1.29 is 28.9 Å². The molecule has 0 bridgehead atoms. The second kappa shape index (κ2) is 19.8. The summed E-state index contributed by atoms with van der Waals surface area (Å²) in [4.78, 5) is 70.8. The summed E-state index contributed by atoms with van der Waals surface area (Å²) in [6.07, 6.45) is 0.596. The number of urea groups is 2. The molecule has 0 spiro atoms. The smallest absolute Gasteiger partial charge is 0.325 e. The number of halogens is 2. The standard InChI is InChI=1S/C40H46Cl2N6O6/c1-27-11-7-9-13-33(27)43-39(51)47(35(23-25-45(3)4)29-15-19-31(41)20-16-29)53-37(49)38(50)54-48(40(52)44-34-14-10-8-12-28(34)2)36(24-26-46(5)6)30-17-21-32(42)22-18-30/h7-22,35-36H,23-26H2,1-6H3,(H,43,51)(H,44,52). The van der Waals surface area contributed by atoms with Crippen molar-refractivity contribution >= 4 is 58.6 Å². The van der Waals surface area contributed by atoms with Crippen molar-refractivity contribution in [1.29, 1.82) is 0 Å². The number of hydroxylamine groups is 4. The van der Waals surface area contributed by atoms with Crippen LogP contribution in [-0.2, 0) is 19.3 Å². The first-order valence-corrected chi connectivity index (χ1v) is 18.0. The summed E-state index contributed by atoms with van der Waals surface area (Å²) < 4.78 is 0. The van der Waals surface area contributed by atoms with Gasteiger partial charge in [-0.2, -0.15) is 0 Å². The Balaban J connectivity index is 1.72. The molecular formula is C40H46Cl2N6O6. The van der Waals surface area contributed by atoms with E-state index < -0.39 is 36.1 Å². The van der Waals surface area contributed by atoms with E-state index in [1.54, 1.807) is 72.8 Å². The van der Waals surface area contributed by atoms with E-state index in [0.717, 1.165) is 21.3 Å². The number of para-hydroxylation sites is 2. The molecule has 0 fully saturated rings. The van der Waals surface area contributed by atoms with Gasteiger partial charge in [-0.3, -0.25) is 0 Å². The fraction of sp³-hybridized carbons (Fsp3) is 0.300. The molecule has 4 rings (SSSR count). The molecule has 2 unspecified atom stereocenters. The Bertz CT molecular complexity index is 1750. The van der Waals surface area contributed by atoms with Crippen LogP contribution in [-0.4, -0.2) is 85.2 Å². The number of hydrogen-bond acceptors (Lipinski definition) is 8. The minimum absolute atomic E-state index is 0.298. The first-order chi connectivity index (χ1) is 25.7. The van der Waals surface area contributed by atoms with E-state index >= 15 is 0 Å². The van der Waals surface area contributed by atoms with Crippen LogP contribution in [0.1, 0.15) is 47.2 Å². The lowest BCUT2D eigenvalue weighted by Crippen LogP contribution is -2.45. The van der Waals surface area contributed by atoms with Crippen LogP contribution < -0.4 is 10.6 Å². The highest BCUT2D eigenvalue weighted by Crippen LogP contribution is 2.30. The molecule has 4 aromatic rings. The largest absolute Gasteiger partial charge is 0.444 e. The third kappa shape index (κ3) is 11.9. The van der Waals surface area contributed by atoms with Crippen LogP contribution in [0, 0.1) is 13.8 Å². The molecule has 0 radical (unpaired) electrons. The fourth-order valence-electron chi connectivity index (χ4n) is 5.48. The Hall–Kier alpha value is -5.14. The molecule has 12 nitrogen and oxygen atoms in total. The number of rotatable bonds is 12. The van der Waals surface area contributed by atoms with Gasteiger partial charge in [-0.15, -0.1) is 10.1 Å². The number of carbonyl (C=O) groups is 4. The second-order valence-electron chi connectivity index (χ2n) is 13.2. The van der Waals surface area contributed by atoms with Gasteiger partial charge in [0, 0.05) is 21.4 Å². The zero-order valence-corrected chi connectivity index (χ0v) is 32.7. The second-order valence-corrected chi connectivity index (χ2v) is 14.1. The van der Waals surface area contributed by atoms with Gasteiger partial charge in [-0.25, -0.2) is 19.2 Å². The zero-order chi connectivity index (χ0) is 39.4. The van der Waals surface area contributed by atoms with E-state index in [1.165, 1.54) is 0 Å². The van der Waals surface area contributed by atoms with Crippen molar-refractivity contribution in [2.75, 3.05) is 51.9 Å². The molecule has 0 aliphatic heterocycles. The quantitative estimate of drug-likeness (QED) is 0.109. The number of benzene rings is 4. The first kappa shape index (κ1) is 41.6. The minimum Gasteiger partial charge on any atom is -0.325 e. The molecule has 4 aromatic carbocycles. The lowest BCUT2D eigenvalue weighted by atomic mass is 10.0. The third-order valence-electron chi connectivity index (χ3n) is 8.48. The van der Waals surface area contributed by atoms with Gasteiger partial charge in [-0.05, 0) is 127 Å². The molecule has 0 saturated heterocycles. The highest BCUT2D eigenvalue weighted by molar-refractivity contribution is 6.31. The number of aryl methyl sites for hydroxylation is 2. The van der Waals surface area contributed by atoms with Gasteiger partial charge in [0.1, 0.15) is 0 Å². The number of nitrogens with zero attached hydrogens (tertiary/aromatic N) is 4. The summed E-state index contributed by atoms with van der Waals surface area (Å²) in [5.41, 5.74) is 3.64. The summed E-state index contributed by atoms with van der Waals surface area (Å²) in [5.74, 6) is -3.06. The number of carbonyl (C=O) groups excluding carboxylic acids is 4. The Labute approximate surface area is 326 Å². The molecule has 0 aliphatic rings. The average molecular weight is 778 g/mol. The molecule has 14 heteroatoms. The molecule has 0 saturated carbocycles. The van der Waals surface area contributed by atoms with Gasteiger partial charge in [0.25, 0.3) is 0 Å². The normalized spacial score (nSPS) is 12.1. The maximum Gasteiger partial charge on any atom is 0.444 e. The molecule has 4 amide bonds. The maximum absolute atomic E-state index is 14.0. The number of anilines is 2.